The van der Waals surface area contributed by atoms with Crippen LogP contribution in [0.25, 0.3) is 22.6 Å². The lowest BCUT2D eigenvalue weighted by Gasteiger charge is -1.95. The van der Waals surface area contributed by atoms with Gasteiger partial charge in [0.1, 0.15) is 5.52 Å². The molecule has 2 aromatic carbocycles. The highest BCUT2D eigenvalue weighted by Crippen LogP contribution is 2.29. The van der Waals surface area contributed by atoms with Gasteiger partial charge >= 0.3 is 0 Å². The Labute approximate surface area is 110 Å². The molecule has 90 valence electrons. The van der Waals surface area contributed by atoms with Crippen LogP contribution in [-0.4, -0.2) is 4.98 Å². The van der Waals surface area contributed by atoms with Gasteiger partial charge < -0.3 is 4.42 Å². The Morgan fingerprint density at radius 2 is 1.83 bits per heavy atom. The van der Waals surface area contributed by atoms with Gasteiger partial charge in [-0.15, -0.1) is 0 Å². The number of fused-ring (bicyclic) bond motifs is 1. The van der Waals surface area contributed by atoms with E-state index in [9.17, 15) is 0 Å². The second-order valence-electron chi connectivity index (χ2n) is 4.41. The first-order valence-corrected chi connectivity index (χ1v) is 6.15. The normalized spacial score (nSPS) is 11.1. The third-order valence-electron chi connectivity index (χ3n) is 3.01. The summed E-state index contributed by atoms with van der Waals surface area (Å²) in [6, 6.07) is 11.6. The molecular weight excluding hydrogens is 246 g/mol. The summed E-state index contributed by atoms with van der Waals surface area (Å²) in [6.45, 7) is 4.06. The van der Waals surface area contributed by atoms with Crippen molar-refractivity contribution in [2.24, 2.45) is 0 Å². The van der Waals surface area contributed by atoms with Crippen molar-refractivity contribution >= 4 is 22.7 Å². The number of aromatic nitrogens is 1. The smallest absolute Gasteiger partial charge is 0.227 e. The lowest BCUT2D eigenvalue weighted by molar-refractivity contribution is 0.617. The standard InChI is InChI=1S/C15H12ClNO/c1-9-6-7-10(2)14-13(9)17-15(18-14)11-4-3-5-12(16)8-11/h3-8H,1-2H3. The molecule has 0 fully saturated rings. The second-order valence-corrected chi connectivity index (χ2v) is 4.84. The lowest BCUT2D eigenvalue weighted by atomic mass is 10.1. The highest BCUT2D eigenvalue weighted by molar-refractivity contribution is 6.30. The van der Waals surface area contributed by atoms with Gasteiger partial charge in [0.25, 0.3) is 0 Å². The predicted molar refractivity (Wildman–Crippen MR) is 73.9 cm³/mol. The lowest BCUT2D eigenvalue weighted by Crippen LogP contribution is -1.79. The number of hydrogen-bond acceptors (Lipinski definition) is 2. The molecule has 0 aliphatic carbocycles. The van der Waals surface area contributed by atoms with Crippen LogP contribution in [0.15, 0.2) is 40.8 Å². The summed E-state index contributed by atoms with van der Waals surface area (Å²) < 4.78 is 5.85. The van der Waals surface area contributed by atoms with Crippen LogP contribution in [0.1, 0.15) is 11.1 Å². The summed E-state index contributed by atoms with van der Waals surface area (Å²) in [7, 11) is 0. The van der Waals surface area contributed by atoms with Crippen LogP contribution in [0.3, 0.4) is 0 Å². The van der Waals surface area contributed by atoms with E-state index in [2.05, 4.69) is 11.1 Å². The SMILES string of the molecule is Cc1ccc(C)c2oc(-c3cccc(Cl)c3)nc12. The zero-order chi connectivity index (χ0) is 12.7. The maximum Gasteiger partial charge on any atom is 0.227 e. The number of nitrogens with zero attached hydrogens (tertiary/aromatic N) is 1. The van der Waals surface area contributed by atoms with Gasteiger partial charge in [-0.3, -0.25) is 0 Å². The first kappa shape index (κ1) is 11.3. The number of halogens is 1. The Balaban J connectivity index is 2.26. The van der Waals surface area contributed by atoms with Crippen molar-refractivity contribution in [1.82, 2.24) is 4.98 Å². The van der Waals surface area contributed by atoms with Gasteiger partial charge in [0.2, 0.25) is 5.89 Å². The van der Waals surface area contributed by atoms with E-state index in [4.69, 9.17) is 16.0 Å². The molecule has 3 heteroatoms. The monoisotopic (exact) mass is 257 g/mol. The minimum absolute atomic E-state index is 0.616. The third kappa shape index (κ3) is 1.79. The minimum Gasteiger partial charge on any atom is -0.436 e. The van der Waals surface area contributed by atoms with Crippen LogP contribution < -0.4 is 0 Å². The van der Waals surface area contributed by atoms with E-state index in [-0.39, 0.29) is 0 Å². The van der Waals surface area contributed by atoms with Gasteiger partial charge in [-0.25, -0.2) is 4.98 Å². The number of hydrogen-bond donors (Lipinski definition) is 0. The van der Waals surface area contributed by atoms with Gasteiger partial charge in [-0.1, -0.05) is 29.8 Å². The zero-order valence-electron chi connectivity index (χ0n) is 10.2. The summed E-state index contributed by atoms with van der Waals surface area (Å²) in [6.07, 6.45) is 0. The van der Waals surface area contributed by atoms with Crippen LogP contribution >= 0.6 is 11.6 Å². The van der Waals surface area contributed by atoms with Crippen molar-refractivity contribution in [3.8, 4) is 11.5 Å². The molecule has 2 nitrogen and oxygen atoms in total. The largest absolute Gasteiger partial charge is 0.436 e. The Morgan fingerprint density at radius 3 is 2.56 bits per heavy atom. The molecule has 0 radical (unpaired) electrons. The summed E-state index contributed by atoms with van der Waals surface area (Å²) in [5.41, 5.74) is 4.89. The van der Waals surface area contributed by atoms with Gasteiger partial charge in [-0.2, -0.15) is 0 Å². The van der Waals surface area contributed by atoms with E-state index in [1.165, 1.54) is 0 Å². The van der Waals surface area contributed by atoms with Crippen LogP contribution in [0.2, 0.25) is 5.02 Å². The molecular formula is C15H12ClNO. The number of aryl methyl sites for hydroxylation is 2. The molecule has 0 spiro atoms. The fourth-order valence-corrected chi connectivity index (χ4v) is 2.19. The Hall–Kier alpha value is -1.80. The first-order valence-electron chi connectivity index (χ1n) is 5.78. The van der Waals surface area contributed by atoms with Crippen LogP contribution in [0.4, 0.5) is 0 Å². The third-order valence-corrected chi connectivity index (χ3v) is 3.25. The number of benzene rings is 2. The van der Waals surface area contributed by atoms with Crippen molar-refractivity contribution in [2.75, 3.05) is 0 Å². The van der Waals surface area contributed by atoms with Gasteiger partial charge in [-0.05, 0) is 43.2 Å². The summed E-state index contributed by atoms with van der Waals surface area (Å²) in [4.78, 5) is 4.56. The number of rotatable bonds is 1. The van der Waals surface area contributed by atoms with Crippen LogP contribution in [0.5, 0.6) is 0 Å². The van der Waals surface area contributed by atoms with Crippen molar-refractivity contribution < 1.29 is 4.42 Å². The molecule has 0 bridgehead atoms. The predicted octanol–water partition coefficient (Wildman–Crippen LogP) is 4.77. The molecule has 0 atom stereocenters. The van der Waals surface area contributed by atoms with Crippen molar-refractivity contribution in [3.05, 3.63) is 52.5 Å². The van der Waals surface area contributed by atoms with E-state index < -0.39 is 0 Å². The fraction of sp³-hybridized carbons (Fsp3) is 0.133. The first-order chi connectivity index (χ1) is 8.65. The van der Waals surface area contributed by atoms with E-state index >= 15 is 0 Å². The molecule has 0 saturated heterocycles. The zero-order valence-corrected chi connectivity index (χ0v) is 11.0. The molecule has 0 amide bonds. The topological polar surface area (TPSA) is 26.0 Å². The molecule has 1 heterocycles. The molecule has 18 heavy (non-hydrogen) atoms. The summed E-state index contributed by atoms with van der Waals surface area (Å²) in [5, 5.41) is 0.684. The van der Waals surface area contributed by atoms with Crippen LogP contribution in [-0.2, 0) is 0 Å². The molecule has 3 rings (SSSR count). The van der Waals surface area contributed by atoms with Gasteiger partial charge in [0.15, 0.2) is 5.58 Å². The quantitative estimate of drug-likeness (QED) is 0.628. The van der Waals surface area contributed by atoms with Crippen molar-refractivity contribution in [3.63, 3.8) is 0 Å². The second kappa shape index (κ2) is 4.14. The maximum absolute atomic E-state index is 5.99. The Bertz CT molecular complexity index is 691. The van der Waals surface area contributed by atoms with Crippen molar-refractivity contribution in [1.29, 1.82) is 0 Å². The fourth-order valence-electron chi connectivity index (χ4n) is 2.00. The average molecular weight is 258 g/mol. The maximum atomic E-state index is 5.99. The van der Waals surface area contributed by atoms with E-state index in [1.807, 2.05) is 44.2 Å². The van der Waals surface area contributed by atoms with Gasteiger partial charge in [0.05, 0.1) is 0 Å². The molecule has 0 unspecified atom stereocenters. The molecule has 0 aliphatic heterocycles. The Morgan fingerprint density at radius 1 is 1.06 bits per heavy atom. The summed E-state index contributed by atoms with van der Waals surface area (Å²) >= 11 is 5.99. The van der Waals surface area contributed by atoms with Crippen LogP contribution in [0, 0.1) is 13.8 Å². The van der Waals surface area contributed by atoms with E-state index in [0.717, 1.165) is 27.8 Å². The van der Waals surface area contributed by atoms with Crippen molar-refractivity contribution in [2.45, 2.75) is 13.8 Å². The molecule has 0 N–H and O–H groups in total. The molecule has 0 saturated carbocycles. The van der Waals surface area contributed by atoms with E-state index in [0.29, 0.717) is 10.9 Å². The average Bonchev–Trinajstić information content (AvgIpc) is 2.80. The molecule has 0 aliphatic rings. The highest BCUT2D eigenvalue weighted by atomic mass is 35.5. The Kier molecular flexibility index (Phi) is 2.60. The number of oxazole rings is 1. The van der Waals surface area contributed by atoms with Gasteiger partial charge in [0, 0.05) is 10.6 Å². The minimum atomic E-state index is 0.616. The molecule has 3 aromatic rings. The molecule has 1 aromatic heterocycles. The van der Waals surface area contributed by atoms with E-state index in [1.54, 1.807) is 0 Å². The highest BCUT2D eigenvalue weighted by Gasteiger charge is 2.11. The summed E-state index contributed by atoms with van der Waals surface area (Å²) in [5.74, 6) is 0.616.